The van der Waals surface area contributed by atoms with Crippen LogP contribution in [0.1, 0.15) is 62.1 Å². The van der Waals surface area contributed by atoms with E-state index in [1.807, 2.05) is 48.5 Å². The SMILES string of the molecule is O=C([CH-]C(=O)c1ccccc1)c1ccccc1.O=C([CH-]C(=O)c1ccccc1)c1ccccc1.O=C([CH-]C(=O)c1ccccc1)c1ccccc1.[Eu+3].c1cnc2c(c1)ccc1cccnc12. The smallest absolute Gasteiger partial charge is 0.318 e. The van der Waals surface area contributed by atoms with E-state index in [1.54, 1.807) is 158 Å². The van der Waals surface area contributed by atoms with E-state index in [4.69, 9.17) is 0 Å². The van der Waals surface area contributed by atoms with Gasteiger partial charge in [0.05, 0.1) is 45.7 Å². The number of carbonyl (C=O) groups excluding carboxylic acids is 6. The van der Waals surface area contributed by atoms with Crippen molar-refractivity contribution in [2.24, 2.45) is 0 Å². The summed E-state index contributed by atoms with van der Waals surface area (Å²) in [6.45, 7) is 0. The number of pyridine rings is 2. The third-order valence-corrected chi connectivity index (χ3v) is 9.48. The van der Waals surface area contributed by atoms with Crippen LogP contribution in [0.3, 0.4) is 0 Å². The topological polar surface area (TPSA) is 128 Å². The summed E-state index contributed by atoms with van der Waals surface area (Å²) >= 11 is 0. The molecule has 322 valence electrons. The van der Waals surface area contributed by atoms with Crippen molar-refractivity contribution in [2.75, 3.05) is 0 Å². The normalized spacial score (nSPS) is 9.76. The maximum atomic E-state index is 11.8. The van der Waals surface area contributed by atoms with Gasteiger partial charge in [-0.25, -0.2) is 0 Å². The molecule has 9 rings (SSSR count). The number of carbonyl (C=O) groups is 6. The summed E-state index contributed by atoms with van der Waals surface area (Å²) in [6.07, 6.45) is 6.99. The average Bonchev–Trinajstić information content (AvgIpc) is 3.38. The van der Waals surface area contributed by atoms with E-state index in [9.17, 15) is 28.8 Å². The molecule has 0 N–H and O–H groups in total. The molecule has 0 saturated carbocycles. The maximum Gasteiger partial charge on any atom is 3.00 e. The zero-order chi connectivity index (χ0) is 45.6. The molecular formula is C57H41EuN2O6. The molecule has 0 aliphatic heterocycles. The van der Waals surface area contributed by atoms with E-state index in [-0.39, 0.29) is 84.1 Å². The molecule has 0 aliphatic carbocycles. The second kappa shape index (κ2) is 26.4. The Hall–Kier alpha value is -7.43. The Labute approximate surface area is 424 Å². The minimum absolute atomic E-state index is 0. The molecule has 2 heterocycles. The van der Waals surface area contributed by atoms with Crippen molar-refractivity contribution < 1.29 is 78.1 Å². The zero-order valence-electron chi connectivity index (χ0n) is 35.4. The number of hydrogen-bond acceptors (Lipinski definition) is 8. The number of fused-ring (bicyclic) bond motifs is 3. The molecule has 0 unspecified atom stereocenters. The first-order valence-corrected chi connectivity index (χ1v) is 20.5. The number of Topliss-reactive ketones (excluding diaryl/α,β-unsaturated/α-hetero) is 6. The minimum Gasteiger partial charge on any atom is -0.318 e. The number of nitrogens with zero attached hydrogens (tertiary/aromatic N) is 2. The van der Waals surface area contributed by atoms with Gasteiger partial charge in [-0.2, -0.15) is 0 Å². The van der Waals surface area contributed by atoms with Crippen LogP contribution in [-0.4, -0.2) is 44.7 Å². The van der Waals surface area contributed by atoms with Crippen molar-refractivity contribution in [3.8, 4) is 0 Å². The van der Waals surface area contributed by atoms with E-state index in [1.165, 1.54) is 0 Å². The van der Waals surface area contributed by atoms with Crippen molar-refractivity contribution in [1.82, 2.24) is 9.97 Å². The van der Waals surface area contributed by atoms with Crippen LogP contribution in [0.5, 0.6) is 0 Å². The number of rotatable bonds is 12. The third-order valence-electron chi connectivity index (χ3n) is 9.48. The number of aromatic nitrogens is 2. The predicted molar refractivity (Wildman–Crippen MR) is 255 cm³/mol. The maximum absolute atomic E-state index is 11.8. The fraction of sp³-hybridized carbons (Fsp3) is 0. The molecule has 0 saturated heterocycles. The number of benzene rings is 7. The van der Waals surface area contributed by atoms with Gasteiger partial charge in [0.15, 0.2) is 0 Å². The first-order chi connectivity index (χ1) is 31.8. The molecule has 66 heavy (non-hydrogen) atoms. The molecule has 0 radical (unpaired) electrons. The first kappa shape index (κ1) is 49.6. The standard InChI is InChI=1S/3C15H11O2.C12H8N2.Eu/c3*16-14(12-7-3-1-4-8-12)11-15(17)13-9-5-2-6-10-13;1-3-9-5-6-10-4-2-8-14-12(10)11(9)13-7-1;/h3*1-11H;1-8H;/q3*-1;;+3. The zero-order valence-corrected chi connectivity index (χ0v) is 37.8. The van der Waals surface area contributed by atoms with Crippen molar-refractivity contribution in [3.63, 3.8) is 0 Å². The van der Waals surface area contributed by atoms with Crippen molar-refractivity contribution in [3.05, 3.63) is 283 Å². The van der Waals surface area contributed by atoms with Crippen LogP contribution < -0.4 is 0 Å². The van der Waals surface area contributed by atoms with Gasteiger partial charge in [-0.05, 0) is 12.1 Å². The molecule has 0 spiro atoms. The summed E-state index contributed by atoms with van der Waals surface area (Å²) < 4.78 is 0. The molecule has 0 atom stereocenters. The molecule has 9 heteroatoms. The summed E-state index contributed by atoms with van der Waals surface area (Å²) in [4.78, 5) is 79.2. The molecular weight excluding hydrogens is 961 g/mol. The summed E-state index contributed by atoms with van der Waals surface area (Å²) in [5, 5.41) is 2.28. The van der Waals surface area contributed by atoms with E-state index in [0.717, 1.165) is 41.1 Å². The van der Waals surface area contributed by atoms with Crippen LogP contribution >= 0.6 is 0 Å². The van der Waals surface area contributed by atoms with Crippen molar-refractivity contribution >= 4 is 56.5 Å². The second-order valence-corrected chi connectivity index (χ2v) is 14.0. The van der Waals surface area contributed by atoms with Crippen molar-refractivity contribution in [1.29, 1.82) is 0 Å². The summed E-state index contributed by atoms with van der Waals surface area (Å²) in [7, 11) is 0. The van der Waals surface area contributed by atoms with E-state index >= 15 is 0 Å². The Morgan fingerprint density at radius 1 is 0.258 bits per heavy atom. The van der Waals surface area contributed by atoms with Crippen LogP contribution in [0, 0.1) is 68.6 Å². The van der Waals surface area contributed by atoms with Crippen LogP contribution in [0.25, 0.3) is 21.8 Å². The van der Waals surface area contributed by atoms with Gasteiger partial charge < -0.3 is 28.8 Å². The third kappa shape index (κ3) is 15.1. The molecule has 0 bridgehead atoms. The Morgan fingerprint density at radius 2 is 0.455 bits per heavy atom. The van der Waals surface area contributed by atoms with Crippen LogP contribution in [0.2, 0.25) is 0 Å². The van der Waals surface area contributed by atoms with Crippen LogP contribution in [-0.2, 0) is 0 Å². The largest absolute Gasteiger partial charge is 3.00 e. The van der Waals surface area contributed by atoms with Gasteiger partial charge in [-0.15, -0.1) is 72.8 Å². The van der Waals surface area contributed by atoms with Gasteiger partial charge in [0.1, 0.15) is 0 Å². The van der Waals surface area contributed by atoms with E-state index in [0.29, 0.717) is 33.4 Å². The van der Waals surface area contributed by atoms with Gasteiger partial charge >= 0.3 is 49.4 Å². The van der Waals surface area contributed by atoms with Gasteiger partial charge in [0.25, 0.3) is 0 Å². The number of hydrogen-bond donors (Lipinski definition) is 0. The second-order valence-electron chi connectivity index (χ2n) is 14.0. The molecule has 8 nitrogen and oxygen atoms in total. The van der Waals surface area contributed by atoms with Gasteiger partial charge in [-0.3, -0.25) is 9.97 Å². The predicted octanol–water partition coefficient (Wildman–Crippen LogP) is 11.7. The average molecular weight is 1000 g/mol. The van der Waals surface area contributed by atoms with Crippen molar-refractivity contribution in [2.45, 2.75) is 0 Å². The van der Waals surface area contributed by atoms with E-state index in [2.05, 4.69) is 34.2 Å². The molecule has 0 aliphatic rings. The van der Waals surface area contributed by atoms with Crippen LogP contribution in [0.15, 0.2) is 231 Å². The van der Waals surface area contributed by atoms with Gasteiger partial charge in [0.2, 0.25) is 0 Å². The summed E-state index contributed by atoms with van der Waals surface area (Å²) in [6, 6.07) is 64.7. The molecule has 0 fully saturated rings. The monoisotopic (exact) mass is 1000 g/mol. The Balaban J connectivity index is 0.000000164. The first-order valence-electron chi connectivity index (χ1n) is 20.5. The Morgan fingerprint density at radius 3 is 0.652 bits per heavy atom. The Kier molecular flexibility index (Phi) is 19.8. The van der Waals surface area contributed by atoms with Crippen LogP contribution in [0.4, 0.5) is 0 Å². The van der Waals surface area contributed by atoms with Gasteiger partial charge in [-0.1, -0.05) is 186 Å². The molecule has 9 aromatic rings. The molecule has 0 amide bonds. The Bertz CT molecular complexity index is 2550. The quantitative estimate of drug-likeness (QED) is 0.0512. The fourth-order valence-electron chi connectivity index (χ4n) is 6.15. The van der Waals surface area contributed by atoms with Gasteiger partial charge in [0, 0.05) is 23.2 Å². The minimum atomic E-state index is -0.264. The molecule has 2 aromatic heterocycles. The summed E-state index contributed by atoms with van der Waals surface area (Å²) in [5.74, 6) is -1.59. The molecule has 7 aromatic carbocycles. The number of ketones is 6. The summed E-state index contributed by atoms with van der Waals surface area (Å²) in [5.41, 5.74) is 5.10. The fourth-order valence-corrected chi connectivity index (χ4v) is 6.15. The van der Waals surface area contributed by atoms with E-state index < -0.39 is 0 Å².